The molecule has 0 aromatic carbocycles. The number of carboxylic acid groups (broad SMARTS) is 1. The molecule has 4 rings (SSSR count). The normalized spacial score (nSPS) is 28.9. The number of nitrogens with zero attached hydrogens (tertiary/aromatic N) is 3. The van der Waals surface area contributed by atoms with Gasteiger partial charge in [-0.1, -0.05) is 20.8 Å². The number of hydrogen-bond acceptors (Lipinski definition) is 7. The second kappa shape index (κ2) is 8.42. The number of amides is 1. The van der Waals surface area contributed by atoms with Gasteiger partial charge in [0.05, 0.1) is 18.2 Å². The molecule has 34 heavy (non-hydrogen) atoms. The lowest BCUT2D eigenvalue weighted by molar-refractivity contribution is -0.211. The third kappa shape index (κ3) is 4.33. The van der Waals surface area contributed by atoms with E-state index in [0.717, 1.165) is 0 Å². The van der Waals surface area contributed by atoms with Gasteiger partial charge in [0.15, 0.2) is 19.9 Å². The van der Waals surface area contributed by atoms with E-state index in [2.05, 4.69) is 49.3 Å². The summed E-state index contributed by atoms with van der Waals surface area (Å²) in [7, 11) is -2.10. The molecule has 0 radical (unpaired) electrons. The van der Waals surface area contributed by atoms with Gasteiger partial charge < -0.3 is 23.7 Å². The molecule has 2 aromatic heterocycles. The van der Waals surface area contributed by atoms with Crippen LogP contribution in [0.4, 0.5) is 10.6 Å². The van der Waals surface area contributed by atoms with Crippen LogP contribution < -0.4 is 5.32 Å². The van der Waals surface area contributed by atoms with Crippen LogP contribution in [0.15, 0.2) is 18.5 Å². The Labute approximate surface area is 205 Å². The Balaban J connectivity index is 1.72. The lowest BCUT2D eigenvalue weighted by Gasteiger charge is -2.40. The van der Waals surface area contributed by atoms with Crippen LogP contribution in [0.1, 0.15) is 46.4 Å². The molecule has 4 atom stereocenters. The van der Waals surface area contributed by atoms with Crippen molar-refractivity contribution >= 4 is 37.3 Å². The fourth-order valence-corrected chi connectivity index (χ4v) is 5.51. The number of halogens is 1. The molecular weight excluding hydrogens is 480 g/mol. The Morgan fingerprint density at radius 3 is 2.62 bits per heavy atom. The molecule has 0 unspecified atom stereocenters. The van der Waals surface area contributed by atoms with Gasteiger partial charge in [-0.15, -0.1) is 11.6 Å². The molecule has 0 saturated carbocycles. The van der Waals surface area contributed by atoms with Crippen molar-refractivity contribution in [2.45, 2.75) is 82.5 Å². The minimum Gasteiger partial charge on any atom is -0.465 e. The summed E-state index contributed by atoms with van der Waals surface area (Å²) >= 11 is 6.56. The van der Waals surface area contributed by atoms with Gasteiger partial charge in [0.25, 0.3) is 0 Å². The highest BCUT2D eigenvalue weighted by Crippen LogP contribution is 2.51. The van der Waals surface area contributed by atoms with Crippen molar-refractivity contribution in [3.05, 3.63) is 24.2 Å². The number of fused-ring (bicyclic) bond motifs is 2. The van der Waals surface area contributed by atoms with Crippen molar-refractivity contribution < 1.29 is 28.5 Å². The van der Waals surface area contributed by atoms with E-state index in [1.165, 1.54) is 6.33 Å². The second-order valence-electron chi connectivity index (χ2n) is 10.9. The van der Waals surface area contributed by atoms with Crippen molar-refractivity contribution in [1.82, 2.24) is 14.6 Å². The van der Waals surface area contributed by atoms with Crippen LogP contribution in [0.5, 0.6) is 0 Å². The quantitative estimate of drug-likeness (QED) is 0.432. The van der Waals surface area contributed by atoms with Crippen LogP contribution in [-0.4, -0.2) is 70.2 Å². The first-order valence-corrected chi connectivity index (χ1v) is 14.7. The lowest BCUT2D eigenvalue weighted by Crippen LogP contribution is -2.53. The fourth-order valence-electron chi connectivity index (χ4n) is 4.18. The number of hydrogen-bond donors (Lipinski definition) is 2. The summed E-state index contributed by atoms with van der Waals surface area (Å²) in [5.74, 6) is -0.496. The average Bonchev–Trinajstić information content (AvgIpc) is 3.36. The Kier molecular flexibility index (Phi) is 6.27. The predicted octanol–water partition coefficient (Wildman–Crippen LogP) is 4.41. The Bertz CT molecular complexity index is 1090. The number of aromatic nitrogens is 3. The van der Waals surface area contributed by atoms with E-state index in [-0.39, 0.29) is 23.3 Å². The highest BCUT2D eigenvalue weighted by Gasteiger charge is 2.64. The second-order valence-corrected chi connectivity index (χ2v) is 16.0. The molecule has 0 bridgehead atoms. The summed E-state index contributed by atoms with van der Waals surface area (Å²) in [5, 5.41) is 15.8. The van der Waals surface area contributed by atoms with Gasteiger partial charge in [0.2, 0.25) is 0 Å². The van der Waals surface area contributed by atoms with E-state index in [0.29, 0.717) is 11.2 Å². The van der Waals surface area contributed by atoms with E-state index in [1.807, 2.05) is 19.9 Å². The molecule has 0 spiro atoms. The van der Waals surface area contributed by atoms with Crippen molar-refractivity contribution in [3.8, 4) is 0 Å². The van der Waals surface area contributed by atoms with E-state index < -0.39 is 44.1 Å². The topological polar surface area (TPSA) is 116 Å². The molecule has 2 saturated heterocycles. The van der Waals surface area contributed by atoms with Gasteiger partial charge in [-0.3, -0.25) is 5.32 Å². The van der Waals surface area contributed by atoms with E-state index >= 15 is 0 Å². The monoisotopic (exact) mass is 512 g/mol. The smallest absolute Gasteiger partial charge is 0.410 e. The molecule has 12 heteroatoms. The standard InChI is InChI=1S/C22H33ClN4O6Si/c1-20(2,3)34(6,7)30-11-22(10-23)17-16(31-21(4,5)33-17)15(32-22)13-8-9-14-18(26-19(28)29)24-12-25-27(13)14/h8-9,12,15-17H,10-11H2,1-7H3,(H,28,29)(H,24,25,26)/t15-,16-,17-,22+/m0/s1. The largest absolute Gasteiger partial charge is 0.465 e. The van der Waals surface area contributed by atoms with Gasteiger partial charge in [-0.2, -0.15) is 5.10 Å². The first-order chi connectivity index (χ1) is 15.7. The Morgan fingerprint density at radius 1 is 1.29 bits per heavy atom. The number of carbonyl (C=O) groups is 1. The summed E-state index contributed by atoms with van der Waals surface area (Å²) < 4.78 is 27.4. The minimum atomic E-state index is -2.10. The third-order valence-electron chi connectivity index (χ3n) is 7.02. The van der Waals surface area contributed by atoms with E-state index in [9.17, 15) is 4.79 Å². The molecule has 2 aliphatic heterocycles. The van der Waals surface area contributed by atoms with Crippen LogP contribution in [0.2, 0.25) is 18.1 Å². The molecule has 2 N–H and O–H groups in total. The molecule has 0 aliphatic carbocycles. The number of nitrogens with one attached hydrogen (secondary N) is 1. The maximum Gasteiger partial charge on any atom is 0.410 e. The van der Waals surface area contributed by atoms with Crippen LogP contribution in [0, 0.1) is 0 Å². The number of alkyl halides is 1. The summed E-state index contributed by atoms with van der Waals surface area (Å²) in [4.78, 5) is 15.2. The van der Waals surface area contributed by atoms with Crippen LogP contribution in [0.25, 0.3) is 5.52 Å². The summed E-state index contributed by atoms with van der Waals surface area (Å²) in [5.41, 5.74) is 0.250. The number of ether oxygens (including phenoxy) is 3. The molecule has 1 amide bonds. The Hall–Kier alpha value is -1.76. The SMILES string of the molecule is CC1(C)O[C@H]2[C@H](c3ccc4c(NC(=O)O)ncnn34)O[C@](CCl)(CO[Si](C)(C)C(C)(C)C)[C@H]2O1. The van der Waals surface area contributed by atoms with Crippen molar-refractivity contribution in [3.63, 3.8) is 0 Å². The molecule has 4 heterocycles. The highest BCUT2D eigenvalue weighted by atomic mass is 35.5. The zero-order chi connectivity index (χ0) is 25.1. The highest BCUT2D eigenvalue weighted by molar-refractivity contribution is 6.74. The van der Waals surface area contributed by atoms with Crippen molar-refractivity contribution in [2.24, 2.45) is 0 Å². The van der Waals surface area contributed by atoms with Gasteiger partial charge in [0, 0.05) is 0 Å². The van der Waals surface area contributed by atoms with Gasteiger partial charge in [-0.25, -0.2) is 14.3 Å². The van der Waals surface area contributed by atoms with E-state index in [1.54, 1.807) is 10.6 Å². The lowest BCUT2D eigenvalue weighted by atomic mass is 9.96. The first kappa shape index (κ1) is 25.3. The molecule has 2 fully saturated rings. The number of anilines is 1. The molecule has 2 aliphatic rings. The predicted molar refractivity (Wildman–Crippen MR) is 129 cm³/mol. The van der Waals surface area contributed by atoms with Gasteiger partial charge in [0.1, 0.15) is 35.8 Å². The first-order valence-electron chi connectivity index (χ1n) is 11.3. The molecule has 2 aromatic rings. The van der Waals surface area contributed by atoms with Crippen LogP contribution in [-0.2, 0) is 18.6 Å². The summed E-state index contributed by atoms with van der Waals surface area (Å²) in [6.07, 6.45) is -1.40. The Morgan fingerprint density at radius 2 is 2.00 bits per heavy atom. The molecular formula is C22H33ClN4O6Si. The van der Waals surface area contributed by atoms with E-state index in [4.69, 9.17) is 35.3 Å². The van der Waals surface area contributed by atoms with Crippen molar-refractivity contribution in [2.75, 3.05) is 17.8 Å². The zero-order valence-electron chi connectivity index (χ0n) is 20.6. The summed E-state index contributed by atoms with van der Waals surface area (Å²) in [6.45, 7) is 14.9. The zero-order valence-corrected chi connectivity index (χ0v) is 22.3. The average molecular weight is 513 g/mol. The summed E-state index contributed by atoms with van der Waals surface area (Å²) in [6, 6.07) is 3.57. The van der Waals surface area contributed by atoms with Crippen LogP contribution >= 0.6 is 11.6 Å². The maximum absolute atomic E-state index is 11.2. The fraction of sp³-hybridized carbons (Fsp3) is 0.682. The maximum atomic E-state index is 11.2. The molecule has 188 valence electrons. The molecule has 10 nitrogen and oxygen atoms in total. The number of rotatable bonds is 6. The third-order valence-corrected chi connectivity index (χ3v) is 11.9. The van der Waals surface area contributed by atoms with Gasteiger partial charge in [-0.05, 0) is 44.1 Å². The van der Waals surface area contributed by atoms with Crippen LogP contribution in [0.3, 0.4) is 0 Å². The van der Waals surface area contributed by atoms with Crippen molar-refractivity contribution in [1.29, 1.82) is 0 Å². The van der Waals surface area contributed by atoms with Gasteiger partial charge >= 0.3 is 6.09 Å². The minimum absolute atomic E-state index is 0.0202.